The van der Waals surface area contributed by atoms with Crippen LogP contribution >= 0.6 is 22.9 Å². The molecule has 0 saturated carbocycles. The van der Waals surface area contributed by atoms with E-state index >= 15 is 0 Å². The summed E-state index contributed by atoms with van der Waals surface area (Å²) in [6, 6.07) is 12.7. The zero-order valence-corrected chi connectivity index (χ0v) is 18.7. The van der Waals surface area contributed by atoms with Gasteiger partial charge in [-0.15, -0.1) is 11.3 Å². The van der Waals surface area contributed by atoms with Crippen molar-refractivity contribution in [3.8, 4) is 11.1 Å². The number of benzene rings is 2. The van der Waals surface area contributed by atoms with E-state index in [4.69, 9.17) is 16.3 Å². The SMILES string of the molecule is COC(=O)c1cccc(NC(=O)C(C)n2cnc3scc(-c4ccc(Cl)cc4)c3c2=O)c1. The summed E-state index contributed by atoms with van der Waals surface area (Å²) >= 11 is 7.34. The first-order valence-corrected chi connectivity index (χ1v) is 10.9. The predicted molar refractivity (Wildman–Crippen MR) is 125 cm³/mol. The first kappa shape index (κ1) is 21.7. The Morgan fingerprint density at radius 2 is 1.94 bits per heavy atom. The van der Waals surface area contributed by atoms with E-state index in [-0.39, 0.29) is 5.56 Å². The molecule has 0 fully saturated rings. The summed E-state index contributed by atoms with van der Waals surface area (Å²) in [7, 11) is 1.29. The molecule has 0 saturated heterocycles. The molecule has 2 aromatic heterocycles. The summed E-state index contributed by atoms with van der Waals surface area (Å²) in [6.45, 7) is 1.61. The molecule has 1 N–H and O–H groups in total. The minimum atomic E-state index is -0.834. The lowest BCUT2D eigenvalue weighted by Crippen LogP contribution is -2.31. The Morgan fingerprint density at radius 1 is 1.19 bits per heavy atom. The molecule has 0 spiro atoms. The van der Waals surface area contributed by atoms with Gasteiger partial charge in [-0.1, -0.05) is 29.8 Å². The number of halogens is 1. The second-order valence-electron chi connectivity index (χ2n) is 7.03. The summed E-state index contributed by atoms with van der Waals surface area (Å²) in [6.07, 6.45) is 1.38. The van der Waals surface area contributed by atoms with E-state index in [2.05, 4.69) is 10.3 Å². The topological polar surface area (TPSA) is 90.3 Å². The van der Waals surface area contributed by atoms with Crippen molar-refractivity contribution in [2.24, 2.45) is 0 Å². The van der Waals surface area contributed by atoms with Gasteiger partial charge in [0, 0.05) is 21.7 Å². The maximum Gasteiger partial charge on any atom is 0.337 e. The third kappa shape index (κ3) is 4.15. The number of aromatic nitrogens is 2. The highest BCUT2D eigenvalue weighted by Gasteiger charge is 2.21. The third-order valence-corrected chi connectivity index (χ3v) is 6.16. The number of nitrogens with zero attached hydrogens (tertiary/aromatic N) is 2. The van der Waals surface area contributed by atoms with Crippen molar-refractivity contribution in [1.29, 1.82) is 0 Å². The number of ether oxygens (including phenoxy) is 1. The zero-order chi connectivity index (χ0) is 22.8. The van der Waals surface area contributed by atoms with Gasteiger partial charge in [-0.3, -0.25) is 14.2 Å². The molecule has 7 nitrogen and oxygen atoms in total. The van der Waals surface area contributed by atoms with Crippen LogP contribution in [0.3, 0.4) is 0 Å². The van der Waals surface area contributed by atoms with Crippen molar-refractivity contribution >= 4 is 50.7 Å². The molecule has 1 atom stereocenters. The number of methoxy groups -OCH3 is 1. The summed E-state index contributed by atoms with van der Waals surface area (Å²) in [5, 5.41) is 5.66. The van der Waals surface area contributed by atoms with Gasteiger partial charge in [0.25, 0.3) is 5.56 Å². The monoisotopic (exact) mass is 467 g/mol. The average molecular weight is 468 g/mol. The van der Waals surface area contributed by atoms with Gasteiger partial charge in [0.1, 0.15) is 10.9 Å². The fourth-order valence-corrected chi connectivity index (χ4v) is 4.31. The van der Waals surface area contributed by atoms with Crippen LogP contribution in [0.4, 0.5) is 5.69 Å². The van der Waals surface area contributed by atoms with E-state index in [0.717, 1.165) is 11.1 Å². The summed E-state index contributed by atoms with van der Waals surface area (Å²) < 4.78 is 6.00. The van der Waals surface area contributed by atoms with Crippen molar-refractivity contribution < 1.29 is 14.3 Å². The highest BCUT2D eigenvalue weighted by Crippen LogP contribution is 2.31. The van der Waals surface area contributed by atoms with Crippen LogP contribution in [0.15, 0.2) is 65.0 Å². The molecule has 0 aliphatic rings. The molecular weight excluding hydrogens is 450 g/mol. The maximum absolute atomic E-state index is 13.3. The molecule has 1 amide bonds. The van der Waals surface area contributed by atoms with Crippen molar-refractivity contribution in [3.63, 3.8) is 0 Å². The van der Waals surface area contributed by atoms with Gasteiger partial charge >= 0.3 is 5.97 Å². The smallest absolute Gasteiger partial charge is 0.337 e. The number of thiophene rings is 1. The third-order valence-electron chi connectivity index (χ3n) is 5.02. The largest absolute Gasteiger partial charge is 0.465 e. The van der Waals surface area contributed by atoms with E-state index in [0.29, 0.717) is 26.5 Å². The molecule has 0 radical (unpaired) electrons. The van der Waals surface area contributed by atoms with Crippen LogP contribution in [0.2, 0.25) is 5.02 Å². The molecule has 0 aliphatic heterocycles. The number of carbonyl (C=O) groups excluding carboxylic acids is 2. The lowest BCUT2D eigenvalue weighted by Gasteiger charge is -2.15. The van der Waals surface area contributed by atoms with Gasteiger partial charge in [0.05, 0.1) is 24.4 Å². The second-order valence-corrected chi connectivity index (χ2v) is 8.33. The van der Waals surface area contributed by atoms with Crippen molar-refractivity contribution in [2.75, 3.05) is 12.4 Å². The van der Waals surface area contributed by atoms with Crippen molar-refractivity contribution in [1.82, 2.24) is 9.55 Å². The zero-order valence-electron chi connectivity index (χ0n) is 17.2. The Morgan fingerprint density at radius 3 is 2.66 bits per heavy atom. The lowest BCUT2D eigenvalue weighted by molar-refractivity contribution is -0.118. The number of anilines is 1. The molecular formula is C23H18ClN3O4S. The molecule has 1 unspecified atom stereocenters. The predicted octanol–water partition coefficient (Wildman–Crippen LogP) is 4.76. The van der Waals surface area contributed by atoms with Crippen molar-refractivity contribution in [3.05, 3.63) is 81.2 Å². The highest BCUT2D eigenvalue weighted by atomic mass is 35.5. The first-order chi connectivity index (χ1) is 15.4. The van der Waals surface area contributed by atoms with Crippen LogP contribution < -0.4 is 10.9 Å². The molecule has 2 aromatic carbocycles. The summed E-state index contributed by atoms with van der Waals surface area (Å²) in [5.74, 6) is -0.925. The molecule has 162 valence electrons. The molecule has 0 aliphatic carbocycles. The maximum atomic E-state index is 13.3. The van der Waals surface area contributed by atoms with Crippen LogP contribution in [0, 0.1) is 0 Å². The standard InChI is InChI=1S/C23H18ClN3O4S/c1-13(20(28)26-17-5-3-4-15(10-17)23(30)31-2)27-12-25-21-19(22(27)29)18(11-32-21)14-6-8-16(24)9-7-14/h3-13H,1-2H3,(H,26,28). The molecule has 4 aromatic rings. The van der Waals surface area contributed by atoms with Gasteiger partial charge in [0.15, 0.2) is 0 Å². The molecule has 32 heavy (non-hydrogen) atoms. The second kappa shape index (κ2) is 8.94. The molecule has 9 heteroatoms. The van der Waals surface area contributed by atoms with E-state index in [1.54, 1.807) is 37.3 Å². The Hall–Kier alpha value is -3.49. The van der Waals surface area contributed by atoms with E-state index in [1.165, 1.54) is 35.4 Å². The van der Waals surface area contributed by atoms with Crippen LogP contribution in [-0.2, 0) is 9.53 Å². The average Bonchev–Trinajstić information content (AvgIpc) is 3.24. The number of fused-ring (bicyclic) bond motifs is 1. The van der Waals surface area contributed by atoms with Gasteiger partial charge in [-0.2, -0.15) is 0 Å². The van der Waals surface area contributed by atoms with Crippen LogP contribution in [0.25, 0.3) is 21.3 Å². The van der Waals surface area contributed by atoms with Crippen LogP contribution in [0.5, 0.6) is 0 Å². The van der Waals surface area contributed by atoms with Crippen LogP contribution in [-0.4, -0.2) is 28.5 Å². The van der Waals surface area contributed by atoms with Gasteiger partial charge in [-0.05, 0) is 42.8 Å². The summed E-state index contributed by atoms with van der Waals surface area (Å²) in [4.78, 5) is 42.8. The number of carbonyl (C=O) groups is 2. The van der Waals surface area contributed by atoms with E-state index < -0.39 is 17.9 Å². The number of hydrogen-bond acceptors (Lipinski definition) is 6. The number of rotatable bonds is 5. The van der Waals surface area contributed by atoms with Crippen molar-refractivity contribution in [2.45, 2.75) is 13.0 Å². The lowest BCUT2D eigenvalue weighted by atomic mass is 10.1. The molecule has 4 rings (SSSR count). The Balaban J connectivity index is 1.66. The van der Waals surface area contributed by atoms with E-state index in [1.807, 2.05) is 17.5 Å². The number of amides is 1. The first-order valence-electron chi connectivity index (χ1n) is 9.62. The Labute approximate surface area is 192 Å². The minimum Gasteiger partial charge on any atom is -0.465 e. The Bertz CT molecular complexity index is 1380. The van der Waals surface area contributed by atoms with Gasteiger partial charge in [-0.25, -0.2) is 9.78 Å². The highest BCUT2D eigenvalue weighted by molar-refractivity contribution is 7.17. The summed E-state index contributed by atoms with van der Waals surface area (Å²) in [5.41, 5.74) is 2.00. The normalized spacial score (nSPS) is 11.8. The van der Waals surface area contributed by atoms with Gasteiger partial charge < -0.3 is 10.1 Å². The van der Waals surface area contributed by atoms with E-state index in [9.17, 15) is 14.4 Å². The molecule has 2 heterocycles. The Kier molecular flexibility index (Phi) is 6.07. The van der Waals surface area contributed by atoms with Gasteiger partial charge in [0.2, 0.25) is 5.91 Å². The number of nitrogens with one attached hydrogen (secondary N) is 1. The molecule has 0 bridgehead atoms. The quantitative estimate of drug-likeness (QED) is 0.427. The fourth-order valence-electron chi connectivity index (χ4n) is 3.28. The number of hydrogen-bond donors (Lipinski definition) is 1. The minimum absolute atomic E-state index is 0.309. The number of esters is 1. The van der Waals surface area contributed by atoms with Crippen LogP contribution in [0.1, 0.15) is 23.3 Å². The fraction of sp³-hybridized carbons (Fsp3) is 0.130.